The quantitative estimate of drug-likeness (QED) is 0.413. The summed E-state index contributed by atoms with van der Waals surface area (Å²) in [5.41, 5.74) is 4.17. The van der Waals surface area contributed by atoms with E-state index in [0.717, 1.165) is 5.56 Å². The van der Waals surface area contributed by atoms with Crippen LogP contribution in [0.25, 0.3) is 0 Å². The van der Waals surface area contributed by atoms with Gasteiger partial charge in [-0.3, -0.25) is 9.59 Å². The van der Waals surface area contributed by atoms with E-state index in [2.05, 4.69) is 32.9 Å². The molecule has 5 heteroatoms. The maximum atomic E-state index is 13.3. The zero-order chi connectivity index (χ0) is 26.3. The molecule has 1 saturated heterocycles. The summed E-state index contributed by atoms with van der Waals surface area (Å²) in [6.07, 6.45) is 1.03. The molecule has 2 amide bonds. The number of hydrogen-bond acceptors (Lipinski definition) is 3. The Morgan fingerprint density at radius 2 is 1.46 bits per heavy atom. The van der Waals surface area contributed by atoms with Crippen molar-refractivity contribution in [3.05, 3.63) is 107 Å². The molecule has 3 aromatic carbocycles. The predicted octanol–water partition coefficient (Wildman–Crippen LogP) is 5.49. The van der Waals surface area contributed by atoms with Crippen LogP contribution in [0, 0.1) is 0 Å². The lowest BCUT2D eigenvalue weighted by Gasteiger charge is -2.31. The molecule has 1 heterocycles. The second-order valence-electron chi connectivity index (χ2n) is 10.8. The predicted molar refractivity (Wildman–Crippen MR) is 147 cm³/mol. The van der Waals surface area contributed by atoms with Crippen LogP contribution in [0.15, 0.2) is 84.9 Å². The summed E-state index contributed by atoms with van der Waals surface area (Å²) in [6, 6.07) is 28.1. The Morgan fingerprint density at radius 3 is 2.08 bits per heavy atom. The van der Waals surface area contributed by atoms with Crippen LogP contribution in [-0.4, -0.2) is 53.9 Å². The minimum atomic E-state index is -0.0975. The van der Waals surface area contributed by atoms with Gasteiger partial charge in [0.05, 0.1) is 19.3 Å². The van der Waals surface area contributed by atoms with E-state index in [9.17, 15) is 9.59 Å². The van der Waals surface area contributed by atoms with Crippen LogP contribution in [0.1, 0.15) is 54.2 Å². The van der Waals surface area contributed by atoms with Gasteiger partial charge in [0.25, 0.3) is 5.91 Å². The first-order chi connectivity index (χ1) is 17.8. The lowest BCUT2D eigenvalue weighted by molar-refractivity contribution is -0.134. The molecule has 0 spiro atoms. The highest BCUT2D eigenvalue weighted by Gasteiger charge is 2.30. The van der Waals surface area contributed by atoms with Crippen LogP contribution in [0.2, 0.25) is 0 Å². The summed E-state index contributed by atoms with van der Waals surface area (Å²) in [6.45, 7) is 8.86. The SMILES string of the molecule is CC(C)(C)c1ccc(C(=O)N2CCC(=O)N([C@H](COCc3ccccc3)Cc3ccccc3)CC2)cc1. The Kier molecular flexibility index (Phi) is 8.78. The highest BCUT2D eigenvalue weighted by atomic mass is 16.5. The van der Waals surface area contributed by atoms with Crippen LogP contribution in [-0.2, 0) is 28.0 Å². The number of hydrogen-bond donors (Lipinski definition) is 0. The number of carbonyl (C=O) groups excluding carboxylic acids is 2. The molecule has 0 saturated carbocycles. The van der Waals surface area contributed by atoms with Crippen molar-refractivity contribution < 1.29 is 14.3 Å². The molecule has 0 aliphatic carbocycles. The zero-order valence-corrected chi connectivity index (χ0v) is 22.2. The van der Waals surface area contributed by atoms with E-state index in [4.69, 9.17) is 4.74 Å². The summed E-state index contributed by atoms with van der Waals surface area (Å²) < 4.78 is 6.10. The highest BCUT2D eigenvalue weighted by molar-refractivity contribution is 5.94. The lowest BCUT2D eigenvalue weighted by Crippen LogP contribution is -2.45. The molecule has 0 aromatic heterocycles. The first-order valence-electron chi connectivity index (χ1n) is 13.2. The molecule has 0 bridgehead atoms. The molecule has 0 N–H and O–H groups in total. The van der Waals surface area contributed by atoms with Gasteiger partial charge in [0.15, 0.2) is 0 Å². The van der Waals surface area contributed by atoms with Gasteiger partial charge in [-0.25, -0.2) is 0 Å². The summed E-state index contributed by atoms with van der Waals surface area (Å²) in [5, 5.41) is 0. The van der Waals surface area contributed by atoms with Crippen molar-refractivity contribution >= 4 is 11.8 Å². The molecule has 1 aliphatic rings. The highest BCUT2D eigenvalue weighted by Crippen LogP contribution is 2.23. The normalized spacial score (nSPS) is 15.4. The molecule has 1 atom stereocenters. The molecule has 194 valence electrons. The summed E-state index contributed by atoms with van der Waals surface area (Å²) in [5.74, 6) is 0.0534. The fraction of sp³-hybridized carbons (Fsp3) is 0.375. The minimum absolute atomic E-state index is 0.0185. The third-order valence-electron chi connectivity index (χ3n) is 6.99. The van der Waals surface area contributed by atoms with E-state index in [-0.39, 0.29) is 23.3 Å². The fourth-order valence-corrected chi connectivity index (χ4v) is 4.76. The smallest absolute Gasteiger partial charge is 0.253 e. The van der Waals surface area contributed by atoms with Gasteiger partial charge in [-0.2, -0.15) is 0 Å². The maximum absolute atomic E-state index is 13.3. The molecule has 1 aliphatic heterocycles. The van der Waals surface area contributed by atoms with Crippen molar-refractivity contribution in [2.75, 3.05) is 26.2 Å². The molecule has 37 heavy (non-hydrogen) atoms. The van der Waals surface area contributed by atoms with Crippen molar-refractivity contribution in [1.82, 2.24) is 9.80 Å². The standard InChI is InChI=1S/C32H38N2O3/c1-32(2,3)28-16-14-27(15-17-28)31(36)33-19-18-30(35)34(21-20-33)29(22-25-10-6-4-7-11-25)24-37-23-26-12-8-5-9-13-26/h4-17,29H,18-24H2,1-3H3/t29-/m0/s1. The van der Waals surface area contributed by atoms with Crippen molar-refractivity contribution in [2.45, 2.75) is 51.7 Å². The number of nitrogens with zero attached hydrogens (tertiary/aromatic N) is 2. The summed E-state index contributed by atoms with van der Waals surface area (Å²) in [7, 11) is 0. The Morgan fingerprint density at radius 1 is 0.838 bits per heavy atom. The van der Waals surface area contributed by atoms with Gasteiger partial charge >= 0.3 is 0 Å². The molecular weight excluding hydrogens is 460 g/mol. The number of benzene rings is 3. The van der Waals surface area contributed by atoms with E-state index < -0.39 is 0 Å². The van der Waals surface area contributed by atoms with Gasteiger partial charge in [-0.05, 0) is 40.7 Å². The van der Waals surface area contributed by atoms with Crippen LogP contribution >= 0.6 is 0 Å². The van der Waals surface area contributed by atoms with Gasteiger partial charge in [-0.1, -0.05) is 93.6 Å². The molecule has 0 unspecified atom stereocenters. The van der Waals surface area contributed by atoms with Gasteiger partial charge in [-0.15, -0.1) is 0 Å². The summed E-state index contributed by atoms with van der Waals surface area (Å²) >= 11 is 0. The van der Waals surface area contributed by atoms with Crippen LogP contribution in [0.4, 0.5) is 0 Å². The second-order valence-corrected chi connectivity index (χ2v) is 10.8. The second kappa shape index (κ2) is 12.2. The van der Waals surface area contributed by atoms with Crippen LogP contribution in [0.5, 0.6) is 0 Å². The van der Waals surface area contributed by atoms with Gasteiger partial charge in [0, 0.05) is 31.6 Å². The number of amides is 2. The Bertz CT molecular complexity index is 1150. The van der Waals surface area contributed by atoms with Crippen LogP contribution in [0.3, 0.4) is 0 Å². The van der Waals surface area contributed by atoms with Crippen molar-refractivity contribution in [1.29, 1.82) is 0 Å². The number of ether oxygens (including phenoxy) is 1. The zero-order valence-electron chi connectivity index (χ0n) is 22.2. The average Bonchev–Trinajstić information content (AvgIpc) is 3.10. The average molecular weight is 499 g/mol. The third kappa shape index (κ3) is 7.30. The topological polar surface area (TPSA) is 49.9 Å². The van der Waals surface area contributed by atoms with Crippen molar-refractivity contribution in [3.8, 4) is 0 Å². The van der Waals surface area contributed by atoms with E-state index in [0.29, 0.717) is 51.3 Å². The van der Waals surface area contributed by atoms with Gasteiger partial charge in [0.1, 0.15) is 0 Å². The Balaban J connectivity index is 1.44. The van der Waals surface area contributed by atoms with Gasteiger partial charge < -0.3 is 14.5 Å². The first-order valence-corrected chi connectivity index (χ1v) is 13.2. The lowest BCUT2D eigenvalue weighted by atomic mass is 9.86. The monoisotopic (exact) mass is 498 g/mol. The third-order valence-corrected chi connectivity index (χ3v) is 6.99. The first kappa shape index (κ1) is 26.6. The maximum Gasteiger partial charge on any atom is 0.253 e. The number of rotatable bonds is 8. The minimum Gasteiger partial charge on any atom is -0.375 e. The van der Waals surface area contributed by atoms with Gasteiger partial charge in [0.2, 0.25) is 5.91 Å². The van der Waals surface area contributed by atoms with Crippen LogP contribution < -0.4 is 0 Å². The summed E-state index contributed by atoms with van der Waals surface area (Å²) in [4.78, 5) is 30.3. The van der Waals surface area contributed by atoms with E-state index in [1.807, 2.05) is 82.6 Å². The van der Waals surface area contributed by atoms with Crippen molar-refractivity contribution in [3.63, 3.8) is 0 Å². The number of carbonyl (C=O) groups is 2. The molecule has 1 fully saturated rings. The van der Waals surface area contributed by atoms with E-state index in [1.165, 1.54) is 11.1 Å². The fourth-order valence-electron chi connectivity index (χ4n) is 4.76. The van der Waals surface area contributed by atoms with E-state index in [1.54, 1.807) is 0 Å². The van der Waals surface area contributed by atoms with E-state index >= 15 is 0 Å². The molecular formula is C32H38N2O3. The molecule has 4 rings (SSSR count). The Labute approximate surface area is 221 Å². The Hall–Kier alpha value is -3.44. The molecule has 5 nitrogen and oxygen atoms in total. The molecule has 3 aromatic rings. The van der Waals surface area contributed by atoms with Crippen molar-refractivity contribution in [2.24, 2.45) is 0 Å². The largest absolute Gasteiger partial charge is 0.375 e. The molecule has 0 radical (unpaired) electrons.